The number of anilines is 1. The number of ether oxygens (including phenoxy) is 1. The van der Waals surface area contributed by atoms with E-state index in [4.69, 9.17) is 4.74 Å². The molecule has 1 rings (SSSR count). The minimum Gasteiger partial charge on any atom is -0.493 e. The second-order valence-electron chi connectivity index (χ2n) is 2.23. The van der Waals surface area contributed by atoms with Gasteiger partial charge in [0, 0.05) is 17.2 Å². The predicted molar refractivity (Wildman–Crippen MR) is 52.7 cm³/mol. The van der Waals surface area contributed by atoms with Crippen molar-refractivity contribution in [3.63, 3.8) is 0 Å². The van der Waals surface area contributed by atoms with Crippen LogP contribution in [-0.2, 0) is 0 Å². The van der Waals surface area contributed by atoms with E-state index in [9.17, 15) is 0 Å². The number of aromatic nitrogens is 1. The standard InChI is InChI=1S/C8H11BrN2O/c1-3-10-8-7(12-2)4-6(9)5-11-8/h4-5H,3H2,1-2H3,(H,10,11). The van der Waals surface area contributed by atoms with Crippen LogP contribution in [0.5, 0.6) is 5.75 Å². The Bertz CT molecular complexity index is 265. The third kappa shape index (κ3) is 2.11. The van der Waals surface area contributed by atoms with Crippen LogP contribution < -0.4 is 10.1 Å². The quantitative estimate of drug-likeness (QED) is 0.866. The molecule has 3 nitrogen and oxygen atoms in total. The monoisotopic (exact) mass is 230 g/mol. The molecule has 0 atom stereocenters. The first-order valence-electron chi connectivity index (χ1n) is 3.71. The third-order valence-electron chi connectivity index (χ3n) is 1.38. The van der Waals surface area contributed by atoms with Crippen molar-refractivity contribution in [1.82, 2.24) is 4.98 Å². The average molecular weight is 231 g/mol. The van der Waals surface area contributed by atoms with Gasteiger partial charge in [-0.1, -0.05) is 0 Å². The van der Waals surface area contributed by atoms with Crippen LogP contribution in [0.2, 0.25) is 0 Å². The van der Waals surface area contributed by atoms with Crippen LogP contribution in [0.25, 0.3) is 0 Å². The van der Waals surface area contributed by atoms with Gasteiger partial charge in [0.1, 0.15) is 0 Å². The zero-order chi connectivity index (χ0) is 8.97. The molecule has 0 radical (unpaired) electrons. The van der Waals surface area contributed by atoms with Crippen LogP contribution in [0, 0.1) is 0 Å². The highest BCUT2D eigenvalue weighted by atomic mass is 79.9. The highest BCUT2D eigenvalue weighted by Gasteiger charge is 2.02. The first kappa shape index (κ1) is 9.32. The van der Waals surface area contributed by atoms with Crippen molar-refractivity contribution >= 4 is 21.7 Å². The van der Waals surface area contributed by atoms with Crippen molar-refractivity contribution in [2.45, 2.75) is 6.92 Å². The van der Waals surface area contributed by atoms with Crippen LogP contribution in [0.1, 0.15) is 6.92 Å². The van der Waals surface area contributed by atoms with Crippen molar-refractivity contribution in [2.75, 3.05) is 19.0 Å². The number of hydrogen-bond acceptors (Lipinski definition) is 3. The van der Waals surface area contributed by atoms with Gasteiger partial charge in [-0.2, -0.15) is 0 Å². The zero-order valence-electron chi connectivity index (χ0n) is 7.10. The van der Waals surface area contributed by atoms with Crippen LogP contribution >= 0.6 is 15.9 Å². The van der Waals surface area contributed by atoms with Gasteiger partial charge in [-0.15, -0.1) is 0 Å². The topological polar surface area (TPSA) is 34.2 Å². The fraction of sp³-hybridized carbons (Fsp3) is 0.375. The Morgan fingerprint density at radius 3 is 3.00 bits per heavy atom. The summed E-state index contributed by atoms with van der Waals surface area (Å²) in [6.45, 7) is 2.86. The molecule has 0 unspecified atom stereocenters. The second kappa shape index (κ2) is 4.30. The summed E-state index contributed by atoms with van der Waals surface area (Å²) >= 11 is 3.32. The number of rotatable bonds is 3. The maximum atomic E-state index is 5.12. The first-order chi connectivity index (χ1) is 5.77. The van der Waals surface area contributed by atoms with Gasteiger partial charge < -0.3 is 10.1 Å². The van der Waals surface area contributed by atoms with E-state index in [-0.39, 0.29) is 0 Å². The minimum atomic E-state index is 0.756. The Morgan fingerprint density at radius 2 is 2.42 bits per heavy atom. The molecule has 0 amide bonds. The highest BCUT2D eigenvalue weighted by Crippen LogP contribution is 2.24. The molecule has 1 heterocycles. The lowest BCUT2D eigenvalue weighted by Gasteiger charge is -2.07. The van der Waals surface area contributed by atoms with Crippen LogP contribution in [0.4, 0.5) is 5.82 Å². The van der Waals surface area contributed by atoms with Gasteiger partial charge in [0.05, 0.1) is 7.11 Å². The molecule has 0 spiro atoms. The van der Waals surface area contributed by atoms with Crippen LogP contribution in [0.3, 0.4) is 0 Å². The lowest BCUT2D eigenvalue weighted by molar-refractivity contribution is 0.414. The highest BCUT2D eigenvalue weighted by molar-refractivity contribution is 9.10. The molecule has 4 heteroatoms. The summed E-state index contributed by atoms with van der Waals surface area (Å²) in [6, 6.07) is 1.88. The number of halogens is 1. The lowest BCUT2D eigenvalue weighted by Crippen LogP contribution is -2.01. The zero-order valence-corrected chi connectivity index (χ0v) is 8.68. The number of hydrogen-bond donors (Lipinski definition) is 1. The SMILES string of the molecule is CCNc1ncc(Br)cc1OC. The van der Waals surface area contributed by atoms with Crippen molar-refractivity contribution in [3.05, 3.63) is 16.7 Å². The normalized spacial score (nSPS) is 9.58. The predicted octanol–water partition coefficient (Wildman–Crippen LogP) is 2.28. The summed E-state index contributed by atoms with van der Waals surface area (Å²) in [5, 5.41) is 3.10. The molecular formula is C8H11BrN2O. The smallest absolute Gasteiger partial charge is 0.168 e. The Kier molecular flexibility index (Phi) is 3.34. The van der Waals surface area contributed by atoms with E-state index in [1.165, 1.54) is 0 Å². The summed E-state index contributed by atoms with van der Waals surface area (Å²) in [5.74, 6) is 1.54. The van der Waals surface area contributed by atoms with Crippen molar-refractivity contribution in [2.24, 2.45) is 0 Å². The molecule has 12 heavy (non-hydrogen) atoms. The largest absolute Gasteiger partial charge is 0.493 e. The maximum Gasteiger partial charge on any atom is 0.168 e. The molecule has 0 aliphatic rings. The first-order valence-corrected chi connectivity index (χ1v) is 4.50. The molecule has 1 aromatic rings. The van der Waals surface area contributed by atoms with E-state index in [0.29, 0.717) is 0 Å². The molecule has 0 bridgehead atoms. The molecule has 1 aromatic heterocycles. The molecule has 1 N–H and O–H groups in total. The van der Waals surface area contributed by atoms with Gasteiger partial charge in [0.15, 0.2) is 11.6 Å². The van der Waals surface area contributed by atoms with Crippen LogP contribution in [0.15, 0.2) is 16.7 Å². The van der Waals surface area contributed by atoms with Gasteiger partial charge in [-0.3, -0.25) is 0 Å². The molecule has 0 saturated heterocycles. The van der Waals surface area contributed by atoms with E-state index in [2.05, 4.69) is 26.2 Å². The molecule has 0 aliphatic carbocycles. The average Bonchev–Trinajstić information content (AvgIpc) is 2.08. The van der Waals surface area contributed by atoms with Gasteiger partial charge >= 0.3 is 0 Å². The van der Waals surface area contributed by atoms with E-state index in [0.717, 1.165) is 22.6 Å². The van der Waals surface area contributed by atoms with E-state index in [1.54, 1.807) is 13.3 Å². The Morgan fingerprint density at radius 1 is 1.67 bits per heavy atom. The van der Waals surface area contributed by atoms with E-state index >= 15 is 0 Å². The van der Waals surface area contributed by atoms with E-state index in [1.807, 2.05) is 13.0 Å². The van der Waals surface area contributed by atoms with Gasteiger partial charge in [-0.05, 0) is 28.9 Å². The second-order valence-corrected chi connectivity index (χ2v) is 3.15. The molecular weight excluding hydrogens is 220 g/mol. The van der Waals surface area contributed by atoms with Crippen molar-refractivity contribution in [3.8, 4) is 5.75 Å². The summed E-state index contributed by atoms with van der Waals surface area (Å²) in [5.41, 5.74) is 0. The number of pyridine rings is 1. The Balaban J connectivity index is 2.94. The summed E-state index contributed by atoms with van der Waals surface area (Å²) in [4.78, 5) is 4.16. The van der Waals surface area contributed by atoms with Gasteiger partial charge in [-0.25, -0.2) is 4.98 Å². The lowest BCUT2D eigenvalue weighted by atomic mass is 10.4. The molecule has 0 saturated carbocycles. The third-order valence-corrected chi connectivity index (χ3v) is 1.82. The fourth-order valence-electron chi connectivity index (χ4n) is 0.877. The Hall–Kier alpha value is -0.770. The number of methoxy groups -OCH3 is 1. The summed E-state index contributed by atoms with van der Waals surface area (Å²) in [6.07, 6.45) is 1.74. The van der Waals surface area contributed by atoms with Crippen molar-refractivity contribution in [1.29, 1.82) is 0 Å². The minimum absolute atomic E-state index is 0.756. The molecule has 66 valence electrons. The molecule has 0 fully saturated rings. The molecule has 0 aromatic carbocycles. The van der Waals surface area contributed by atoms with E-state index < -0.39 is 0 Å². The summed E-state index contributed by atoms with van der Waals surface area (Å²) < 4.78 is 6.04. The maximum absolute atomic E-state index is 5.12. The van der Waals surface area contributed by atoms with Crippen molar-refractivity contribution < 1.29 is 4.74 Å². The van der Waals surface area contributed by atoms with Crippen LogP contribution in [-0.4, -0.2) is 18.6 Å². The van der Waals surface area contributed by atoms with Gasteiger partial charge in [0.2, 0.25) is 0 Å². The fourth-order valence-corrected chi connectivity index (χ4v) is 1.19. The number of nitrogens with zero attached hydrogens (tertiary/aromatic N) is 1. The summed E-state index contributed by atoms with van der Waals surface area (Å²) in [7, 11) is 1.63. The Labute approximate surface area is 80.3 Å². The van der Waals surface area contributed by atoms with Gasteiger partial charge in [0.25, 0.3) is 0 Å². The molecule has 0 aliphatic heterocycles. The number of nitrogens with one attached hydrogen (secondary N) is 1.